The van der Waals surface area contributed by atoms with Gasteiger partial charge in [-0.3, -0.25) is 4.79 Å². The van der Waals surface area contributed by atoms with E-state index in [9.17, 15) is 4.79 Å². The number of amides is 1. The Morgan fingerprint density at radius 1 is 1.23 bits per heavy atom. The summed E-state index contributed by atoms with van der Waals surface area (Å²) >= 11 is 3.10. The van der Waals surface area contributed by atoms with Crippen LogP contribution in [0.4, 0.5) is 0 Å². The average Bonchev–Trinajstić information content (AvgIpc) is 3.30. The SMILES string of the molecule is CCn1c(Cc2ccccc2)nnc1SC(C)C(=O)NCc1cccs1. The molecule has 0 bridgehead atoms. The summed E-state index contributed by atoms with van der Waals surface area (Å²) in [6, 6.07) is 14.2. The van der Waals surface area contributed by atoms with E-state index >= 15 is 0 Å². The van der Waals surface area contributed by atoms with Gasteiger partial charge in [-0.1, -0.05) is 48.2 Å². The van der Waals surface area contributed by atoms with Gasteiger partial charge >= 0.3 is 0 Å². The number of nitrogens with zero attached hydrogens (tertiary/aromatic N) is 3. The van der Waals surface area contributed by atoms with E-state index in [2.05, 4.69) is 39.1 Å². The number of carbonyl (C=O) groups is 1. The molecule has 2 aromatic heterocycles. The minimum absolute atomic E-state index is 0.0127. The number of hydrogen-bond acceptors (Lipinski definition) is 5. The highest BCUT2D eigenvalue weighted by Crippen LogP contribution is 2.23. The van der Waals surface area contributed by atoms with Gasteiger partial charge in [0.15, 0.2) is 5.16 Å². The highest BCUT2D eigenvalue weighted by Gasteiger charge is 2.19. The fraction of sp³-hybridized carbons (Fsp3) is 0.316. The standard InChI is InChI=1S/C19H22N4OS2/c1-3-23-17(12-15-8-5-4-6-9-15)21-22-19(23)26-14(2)18(24)20-13-16-10-7-11-25-16/h4-11,14H,3,12-13H2,1-2H3,(H,20,24). The Bertz CT molecular complexity index is 831. The molecule has 5 nitrogen and oxygen atoms in total. The zero-order chi connectivity index (χ0) is 18.4. The van der Waals surface area contributed by atoms with Crippen LogP contribution in [0.2, 0.25) is 0 Å². The Hall–Kier alpha value is -2.12. The molecule has 0 aliphatic rings. The van der Waals surface area contributed by atoms with Gasteiger partial charge in [-0.15, -0.1) is 21.5 Å². The molecule has 0 aliphatic heterocycles. The highest BCUT2D eigenvalue weighted by atomic mass is 32.2. The third-order valence-corrected chi connectivity index (χ3v) is 5.94. The molecule has 0 saturated heterocycles. The lowest BCUT2D eigenvalue weighted by Crippen LogP contribution is -2.30. The van der Waals surface area contributed by atoms with Crippen LogP contribution in [0.15, 0.2) is 53.0 Å². The summed E-state index contributed by atoms with van der Waals surface area (Å²) in [4.78, 5) is 13.5. The number of aromatic nitrogens is 3. The minimum Gasteiger partial charge on any atom is -0.350 e. The van der Waals surface area contributed by atoms with Crippen LogP contribution in [0.3, 0.4) is 0 Å². The molecule has 1 N–H and O–H groups in total. The van der Waals surface area contributed by atoms with Crippen LogP contribution >= 0.6 is 23.1 Å². The summed E-state index contributed by atoms with van der Waals surface area (Å²) in [5.41, 5.74) is 1.20. The number of carbonyl (C=O) groups excluding carboxylic acids is 1. The molecule has 3 rings (SSSR count). The second kappa shape index (κ2) is 9.00. The molecule has 0 aliphatic carbocycles. The maximum absolute atomic E-state index is 12.4. The van der Waals surface area contributed by atoms with E-state index in [-0.39, 0.29) is 11.2 Å². The van der Waals surface area contributed by atoms with Gasteiger partial charge in [0, 0.05) is 17.8 Å². The van der Waals surface area contributed by atoms with Gasteiger partial charge in [-0.25, -0.2) is 0 Å². The maximum Gasteiger partial charge on any atom is 0.233 e. The van der Waals surface area contributed by atoms with Crippen LogP contribution in [-0.4, -0.2) is 25.9 Å². The van der Waals surface area contributed by atoms with Crippen LogP contribution in [0.1, 0.15) is 30.1 Å². The van der Waals surface area contributed by atoms with Crippen LogP contribution < -0.4 is 5.32 Å². The monoisotopic (exact) mass is 386 g/mol. The smallest absolute Gasteiger partial charge is 0.233 e. The normalized spacial score (nSPS) is 12.1. The van der Waals surface area contributed by atoms with Gasteiger partial charge in [0.05, 0.1) is 11.8 Å². The number of nitrogens with one attached hydrogen (secondary N) is 1. The van der Waals surface area contributed by atoms with Crippen LogP contribution in [0, 0.1) is 0 Å². The zero-order valence-corrected chi connectivity index (χ0v) is 16.5. The van der Waals surface area contributed by atoms with Crippen LogP contribution in [0.5, 0.6) is 0 Å². The Balaban J connectivity index is 1.62. The number of thiophene rings is 1. The van der Waals surface area contributed by atoms with Gasteiger partial charge in [-0.05, 0) is 30.9 Å². The number of thioether (sulfide) groups is 1. The van der Waals surface area contributed by atoms with Gasteiger partial charge in [0.1, 0.15) is 5.82 Å². The fourth-order valence-corrected chi connectivity index (χ4v) is 4.18. The number of hydrogen-bond donors (Lipinski definition) is 1. The molecule has 2 heterocycles. The minimum atomic E-state index is -0.228. The summed E-state index contributed by atoms with van der Waals surface area (Å²) < 4.78 is 2.08. The molecule has 1 atom stereocenters. The second-order valence-corrected chi connectivity index (χ2v) is 8.20. The van der Waals surface area contributed by atoms with Crippen molar-refractivity contribution in [2.24, 2.45) is 0 Å². The maximum atomic E-state index is 12.4. The van der Waals surface area contributed by atoms with E-state index in [1.807, 2.05) is 42.6 Å². The van der Waals surface area contributed by atoms with Crippen LogP contribution in [-0.2, 0) is 24.3 Å². The van der Waals surface area contributed by atoms with Gasteiger partial charge in [0.2, 0.25) is 5.91 Å². The number of rotatable bonds is 8. The predicted octanol–water partition coefficient (Wildman–Crippen LogP) is 3.75. The van der Waals surface area contributed by atoms with Crippen molar-refractivity contribution in [3.8, 4) is 0 Å². The molecule has 26 heavy (non-hydrogen) atoms. The Morgan fingerprint density at radius 3 is 2.73 bits per heavy atom. The Labute approximate surface area is 161 Å². The summed E-state index contributed by atoms with van der Waals surface area (Å²) in [6.07, 6.45) is 0.737. The van der Waals surface area contributed by atoms with Crippen molar-refractivity contribution in [2.75, 3.05) is 0 Å². The molecule has 0 saturated carbocycles. The third kappa shape index (κ3) is 4.74. The molecule has 0 spiro atoms. The van der Waals surface area contributed by atoms with E-state index in [1.54, 1.807) is 11.3 Å². The van der Waals surface area contributed by atoms with Crippen molar-refractivity contribution >= 4 is 29.0 Å². The van der Waals surface area contributed by atoms with Crippen molar-refractivity contribution in [3.63, 3.8) is 0 Å². The molecule has 0 radical (unpaired) electrons. The zero-order valence-electron chi connectivity index (χ0n) is 14.9. The van der Waals surface area contributed by atoms with Gasteiger partial charge in [0.25, 0.3) is 0 Å². The number of benzene rings is 1. The topological polar surface area (TPSA) is 59.8 Å². The summed E-state index contributed by atoms with van der Waals surface area (Å²) in [6.45, 7) is 5.32. The van der Waals surface area contributed by atoms with Crippen molar-refractivity contribution in [3.05, 3.63) is 64.1 Å². The first-order chi connectivity index (χ1) is 12.7. The quantitative estimate of drug-likeness (QED) is 0.599. The first-order valence-corrected chi connectivity index (χ1v) is 10.4. The molecule has 1 amide bonds. The predicted molar refractivity (Wildman–Crippen MR) is 106 cm³/mol. The van der Waals surface area contributed by atoms with E-state index in [0.717, 1.165) is 28.8 Å². The Morgan fingerprint density at radius 2 is 2.04 bits per heavy atom. The van der Waals surface area contributed by atoms with Crippen molar-refractivity contribution < 1.29 is 4.79 Å². The molecular formula is C19H22N4OS2. The highest BCUT2D eigenvalue weighted by molar-refractivity contribution is 8.00. The molecule has 3 aromatic rings. The largest absolute Gasteiger partial charge is 0.350 e. The molecule has 7 heteroatoms. The summed E-state index contributed by atoms with van der Waals surface area (Å²) in [5, 5.41) is 14.2. The average molecular weight is 387 g/mol. The van der Waals surface area contributed by atoms with Gasteiger partial charge < -0.3 is 9.88 Å². The van der Waals surface area contributed by atoms with Crippen LogP contribution in [0.25, 0.3) is 0 Å². The second-order valence-electron chi connectivity index (χ2n) is 5.86. The first-order valence-electron chi connectivity index (χ1n) is 8.60. The third-order valence-electron chi connectivity index (χ3n) is 3.98. The first kappa shape index (κ1) is 18.7. The molecule has 0 fully saturated rings. The molecule has 1 unspecified atom stereocenters. The van der Waals surface area contributed by atoms with E-state index in [1.165, 1.54) is 17.3 Å². The van der Waals surface area contributed by atoms with Crippen molar-refractivity contribution in [2.45, 2.75) is 43.8 Å². The van der Waals surface area contributed by atoms with Gasteiger partial charge in [-0.2, -0.15) is 0 Å². The lowest BCUT2D eigenvalue weighted by Gasteiger charge is -2.12. The van der Waals surface area contributed by atoms with Crippen molar-refractivity contribution in [1.29, 1.82) is 0 Å². The van der Waals surface area contributed by atoms with E-state index < -0.39 is 0 Å². The summed E-state index contributed by atoms with van der Waals surface area (Å²) in [7, 11) is 0. The fourth-order valence-electron chi connectivity index (χ4n) is 2.58. The Kier molecular flexibility index (Phi) is 6.46. The lowest BCUT2D eigenvalue weighted by molar-refractivity contribution is -0.120. The lowest BCUT2D eigenvalue weighted by atomic mass is 10.1. The molecule has 1 aromatic carbocycles. The molecule has 136 valence electrons. The van der Waals surface area contributed by atoms with E-state index in [0.29, 0.717) is 6.54 Å². The van der Waals surface area contributed by atoms with E-state index in [4.69, 9.17) is 0 Å². The van der Waals surface area contributed by atoms with Crippen molar-refractivity contribution in [1.82, 2.24) is 20.1 Å². The summed E-state index contributed by atoms with van der Waals surface area (Å²) in [5.74, 6) is 0.936. The molecular weight excluding hydrogens is 364 g/mol.